The molecule has 2 N–H and O–H groups in total. The highest BCUT2D eigenvalue weighted by Gasteiger charge is 2.49. The van der Waals surface area contributed by atoms with Gasteiger partial charge in [0.05, 0.1) is 11.4 Å². The molecule has 162 valence electrons. The van der Waals surface area contributed by atoms with Gasteiger partial charge in [-0.1, -0.05) is 64.5 Å². The van der Waals surface area contributed by atoms with Crippen molar-refractivity contribution in [3.05, 3.63) is 95.0 Å². The van der Waals surface area contributed by atoms with E-state index in [-0.39, 0.29) is 0 Å². The molecule has 1 saturated heterocycles. The number of nitrogens with one attached hydrogen (secondary N) is 2. The average molecular weight is 493 g/mol. The van der Waals surface area contributed by atoms with Crippen LogP contribution < -0.4 is 15.8 Å². The average Bonchev–Trinajstić information content (AvgIpc) is 3.02. The second-order valence-electron chi connectivity index (χ2n) is 7.50. The molecule has 4 amide bonds. The van der Waals surface area contributed by atoms with Gasteiger partial charge in [0.15, 0.2) is 0 Å². The van der Waals surface area contributed by atoms with Gasteiger partial charge in [-0.05, 0) is 48.9 Å². The van der Waals surface area contributed by atoms with E-state index < -0.39 is 29.9 Å². The maximum Gasteiger partial charge on any atom is 0.325 e. The number of amides is 4. The van der Waals surface area contributed by atoms with Crippen molar-refractivity contribution in [1.82, 2.24) is 15.6 Å². The van der Waals surface area contributed by atoms with Crippen LogP contribution in [0.2, 0.25) is 0 Å². The van der Waals surface area contributed by atoms with Crippen LogP contribution >= 0.6 is 15.9 Å². The molecule has 1 fully saturated rings. The molecule has 32 heavy (non-hydrogen) atoms. The Labute approximate surface area is 194 Å². The molecule has 0 aromatic heterocycles. The lowest BCUT2D eigenvalue weighted by Crippen LogP contribution is -2.47. The molecule has 4 rings (SSSR count). The van der Waals surface area contributed by atoms with Gasteiger partial charge >= 0.3 is 6.03 Å². The fourth-order valence-electron chi connectivity index (χ4n) is 3.57. The highest BCUT2D eigenvalue weighted by Crippen LogP contribution is 2.30. The molecule has 1 aliphatic heterocycles. The summed E-state index contributed by atoms with van der Waals surface area (Å²) in [4.78, 5) is 39.6. The van der Waals surface area contributed by atoms with E-state index in [1.807, 2.05) is 66.7 Å². The third-order valence-corrected chi connectivity index (χ3v) is 5.74. The van der Waals surface area contributed by atoms with Gasteiger partial charge in [-0.15, -0.1) is 0 Å². The number of hydrogen-bond donors (Lipinski definition) is 2. The minimum Gasteiger partial charge on any atom is -0.319 e. The topological polar surface area (TPSA) is 81.8 Å². The number of carbonyl (C=O) groups excluding carboxylic acids is 3. The number of halogens is 1. The van der Waals surface area contributed by atoms with Gasteiger partial charge < -0.3 is 5.32 Å². The molecule has 0 radical (unpaired) electrons. The van der Waals surface area contributed by atoms with Crippen molar-refractivity contribution < 1.29 is 14.4 Å². The number of imide groups is 1. The molecule has 0 saturated carbocycles. The molecular formula is C24H21BrN4O3. The van der Waals surface area contributed by atoms with Crippen molar-refractivity contribution in [2.24, 2.45) is 0 Å². The molecule has 3 aromatic rings. The molecule has 0 aliphatic carbocycles. The highest BCUT2D eigenvalue weighted by molar-refractivity contribution is 9.10. The molecule has 1 aliphatic rings. The Bertz CT molecular complexity index is 1120. The first kappa shape index (κ1) is 21.6. The molecule has 0 spiro atoms. The van der Waals surface area contributed by atoms with Crippen molar-refractivity contribution in [2.45, 2.75) is 12.5 Å². The first-order valence-corrected chi connectivity index (χ1v) is 10.8. The first-order valence-electron chi connectivity index (χ1n) is 9.98. The summed E-state index contributed by atoms with van der Waals surface area (Å²) in [5.74, 6) is -0.985. The normalized spacial score (nSPS) is 17.8. The van der Waals surface area contributed by atoms with E-state index >= 15 is 0 Å². The molecule has 1 atom stereocenters. The SMILES string of the molecule is C[C@]1(c2cccc(Br)c2)NC(=O)N(CC(=O)NN(c2ccccc2)c2ccccc2)C1=O. The molecular weight excluding hydrogens is 472 g/mol. The number of nitrogens with zero attached hydrogens (tertiary/aromatic N) is 2. The first-order chi connectivity index (χ1) is 15.4. The van der Waals surface area contributed by atoms with Gasteiger partial charge in [-0.3, -0.25) is 24.9 Å². The fourth-order valence-corrected chi connectivity index (χ4v) is 3.97. The number of hydrazine groups is 1. The van der Waals surface area contributed by atoms with Crippen LogP contribution in [0.5, 0.6) is 0 Å². The lowest BCUT2D eigenvalue weighted by atomic mass is 9.92. The molecule has 7 nitrogen and oxygen atoms in total. The van der Waals surface area contributed by atoms with Gasteiger partial charge in [0.2, 0.25) is 0 Å². The summed E-state index contributed by atoms with van der Waals surface area (Å²) < 4.78 is 0.788. The van der Waals surface area contributed by atoms with Crippen LogP contribution in [-0.4, -0.2) is 29.3 Å². The van der Waals surface area contributed by atoms with Crippen LogP contribution in [0.1, 0.15) is 12.5 Å². The largest absolute Gasteiger partial charge is 0.325 e. The van der Waals surface area contributed by atoms with Crippen molar-refractivity contribution in [3.8, 4) is 0 Å². The number of benzene rings is 3. The number of hydrogen-bond acceptors (Lipinski definition) is 4. The summed E-state index contributed by atoms with van der Waals surface area (Å²) in [5.41, 5.74) is 3.66. The summed E-state index contributed by atoms with van der Waals surface area (Å²) in [5, 5.41) is 4.34. The predicted molar refractivity (Wildman–Crippen MR) is 125 cm³/mol. The zero-order valence-corrected chi connectivity index (χ0v) is 18.9. The van der Waals surface area contributed by atoms with E-state index in [2.05, 4.69) is 26.7 Å². The second kappa shape index (κ2) is 8.84. The minimum atomic E-state index is -1.25. The second-order valence-corrected chi connectivity index (χ2v) is 8.41. The number of anilines is 2. The van der Waals surface area contributed by atoms with E-state index in [1.165, 1.54) is 0 Å². The summed E-state index contributed by atoms with van der Waals surface area (Å²) in [6.45, 7) is 1.22. The zero-order chi connectivity index (χ0) is 22.7. The third-order valence-electron chi connectivity index (χ3n) is 5.24. The monoisotopic (exact) mass is 492 g/mol. The van der Waals surface area contributed by atoms with Crippen LogP contribution in [0.15, 0.2) is 89.4 Å². The Kier molecular flexibility index (Phi) is 5.96. The molecule has 0 bridgehead atoms. The van der Waals surface area contributed by atoms with Crippen LogP contribution in [0, 0.1) is 0 Å². The van der Waals surface area contributed by atoms with E-state index in [0.717, 1.165) is 20.7 Å². The Hall–Kier alpha value is -3.65. The smallest absolute Gasteiger partial charge is 0.319 e. The van der Waals surface area contributed by atoms with Gasteiger partial charge in [-0.25, -0.2) is 4.79 Å². The lowest BCUT2D eigenvalue weighted by molar-refractivity contribution is -0.134. The third kappa shape index (κ3) is 4.22. The van der Waals surface area contributed by atoms with E-state index in [0.29, 0.717) is 5.56 Å². The summed E-state index contributed by atoms with van der Waals surface area (Å²) in [7, 11) is 0. The fraction of sp³-hybridized carbons (Fsp3) is 0.125. The number of carbonyl (C=O) groups is 3. The molecule has 1 heterocycles. The number of para-hydroxylation sites is 2. The summed E-state index contributed by atoms with van der Waals surface area (Å²) >= 11 is 3.39. The Morgan fingerprint density at radius 2 is 1.56 bits per heavy atom. The number of rotatable bonds is 6. The van der Waals surface area contributed by atoms with Crippen molar-refractivity contribution in [1.29, 1.82) is 0 Å². The maximum atomic E-state index is 13.1. The minimum absolute atomic E-state index is 0.412. The van der Waals surface area contributed by atoms with Gasteiger partial charge in [0, 0.05) is 4.47 Å². The molecule has 0 unspecified atom stereocenters. The molecule has 8 heteroatoms. The van der Waals surface area contributed by atoms with Gasteiger partial charge in [0.1, 0.15) is 12.1 Å². The van der Waals surface area contributed by atoms with Crippen LogP contribution in [0.25, 0.3) is 0 Å². The van der Waals surface area contributed by atoms with Crippen LogP contribution in [-0.2, 0) is 15.1 Å². The standard InChI is InChI=1S/C24H21BrN4O3/c1-24(17-9-8-10-18(25)15-17)22(31)28(23(32)26-24)16-21(30)27-29(19-11-4-2-5-12-19)20-13-6-3-7-14-20/h2-15H,16H2,1H3,(H,26,32)(H,27,30)/t24-/m1/s1. The Morgan fingerprint density at radius 1 is 0.969 bits per heavy atom. The maximum absolute atomic E-state index is 13.1. The highest BCUT2D eigenvalue weighted by atomic mass is 79.9. The van der Waals surface area contributed by atoms with Crippen molar-refractivity contribution in [3.63, 3.8) is 0 Å². The van der Waals surface area contributed by atoms with Gasteiger partial charge in [-0.2, -0.15) is 0 Å². The van der Waals surface area contributed by atoms with E-state index in [9.17, 15) is 14.4 Å². The molecule has 3 aromatic carbocycles. The zero-order valence-electron chi connectivity index (χ0n) is 17.3. The lowest BCUT2D eigenvalue weighted by Gasteiger charge is -2.26. The Morgan fingerprint density at radius 3 is 2.12 bits per heavy atom. The van der Waals surface area contributed by atoms with Crippen LogP contribution in [0.4, 0.5) is 16.2 Å². The van der Waals surface area contributed by atoms with Gasteiger partial charge in [0.25, 0.3) is 11.8 Å². The van der Waals surface area contributed by atoms with Crippen molar-refractivity contribution >= 4 is 45.2 Å². The van der Waals surface area contributed by atoms with E-state index in [4.69, 9.17) is 0 Å². The Balaban J connectivity index is 1.54. The predicted octanol–water partition coefficient (Wildman–Crippen LogP) is 4.09. The van der Waals surface area contributed by atoms with Crippen LogP contribution in [0.3, 0.4) is 0 Å². The summed E-state index contributed by atoms with van der Waals surface area (Å²) in [6.07, 6.45) is 0. The number of urea groups is 1. The van der Waals surface area contributed by atoms with E-state index in [1.54, 1.807) is 30.1 Å². The van der Waals surface area contributed by atoms with Crippen molar-refractivity contribution in [2.75, 3.05) is 11.6 Å². The summed E-state index contributed by atoms with van der Waals surface area (Å²) in [6, 6.07) is 25.2. The quantitative estimate of drug-likeness (QED) is 0.401.